The van der Waals surface area contributed by atoms with E-state index in [4.69, 9.17) is 4.74 Å². The predicted octanol–water partition coefficient (Wildman–Crippen LogP) is 3.74. The van der Waals surface area contributed by atoms with Crippen LogP contribution in [0.25, 0.3) is 10.9 Å². The molecule has 3 saturated heterocycles. The molecule has 2 bridgehead atoms. The number of rotatable bonds is 6. The number of anilines is 1. The van der Waals surface area contributed by atoms with Gasteiger partial charge in [-0.3, -0.25) is 0 Å². The summed E-state index contributed by atoms with van der Waals surface area (Å²) in [5.41, 5.74) is -0.250. The van der Waals surface area contributed by atoms with Gasteiger partial charge >= 0.3 is 0 Å². The van der Waals surface area contributed by atoms with Crippen molar-refractivity contribution in [3.05, 3.63) is 53.2 Å². The Hall–Kier alpha value is -2.83. The molecule has 0 aliphatic carbocycles. The monoisotopic (exact) mass is 493 g/mol. The Balaban J connectivity index is 1.51. The standard InChI is InChI=1S/C22H22F3N5O3S/c1-11(15-4-3-5-16(20(15)23)21(24)25)27-22-17-7-19(26-8-18(17)28-12(2)29-22)34(31,32)30-9-13-6-14(10-30)33-13/h3-5,7-8,11,13-14,21H,6,9-10H2,1-2H3,(H,27,28,29)/t11-,13?,14?/m1/s1. The molecular formula is C22H22F3N5O3S. The minimum Gasteiger partial charge on any atom is -0.372 e. The van der Waals surface area contributed by atoms with Gasteiger partial charge in [-0.15, -0.1) is 0 Å². The number of hydrogen-bond acceptors (Lipinski definition) is 7. The number of aryl methyl sites for hydroxylation is 1. The van der Waals surface area contributed by atoms with E-state index < -0.39 is 33.9 Å². The van der Waals surface area contributed by atoms with Crippen LogP contribution in [-0.2, 0) is 14.8 Å². The van der Waals surface area contributed by atoms with Crippen LogP contribution in [0.2, 0.25) is 0 Å². The van der Waals surface area contributed by atoms with Crippen LogP contribution < -0.4 is 5.32 Å². The number of fused-ring (bicyclic) bond motifs is 3. The van der Waals surface area contributed by atoms with Crippen molar-refractivity contribution in [3.63, 3.8) is 0 Å². The fourth-order valence-corrected chi connectivity index (χ4v) is 5.82. The molecule has 1 N–H and O–H groups in total. The normalized spacial score (nSPS) is 21.5. The maximum atomic E-state index is 14.7. The van der Waals surface area contributed by atoms with Gasteiger partial charge in [0, 0.05) is 30.5 Å². The smallest absolute Gasteiger partial charge is 0.266 e. The maximum absolute atomic E-state index is 14.7. The lowest BCUT2D eigenvalue weighted by Gasteiger charge is -2.46. The second kappa shape index (κ2) is 8.43. The summed E-state index contributed by atoms with van der Waals surface area (Å²) in [5.74, 6) is -0.362. The highest BCUT2D eigenvalue weighted by molar-refractivity contribution is 7.89. The first-order chi connectivity index (χ1) is 16.1. The molecule has 3 fully saturated rings. The van der Waals surface area contributed by atoms with Crippen LogP contribution >= 0.6 is 0 Å². The Labute approximate surface area is 194 Å². The van der Waals surface area contributed by atoms with Crippen molar-refractivity contribution in [1.82, 2.24) is 19.3 Å². The molecule has 3 aliphatic heterocycles. The number of alkyl halides is 2. The quantitative estimate of drug-likeness (QED) is 0.559. The number of nitrogens with one attached hydrogen (secondary N) is 1. The first-order valence-corrected chi connectivity index (χ1v) is 12.2. The van der Waals surface area contributed by atoms with E-state index in [9.17, 15) is 21.6 Å². The van der Waals surface area contributed by atoms with E-state index >= 15 is 0 Å². The lowest BCUT2D eigenvalue weighted by atomic mass is 10.0. The van der Waals surface area contributed by atoms with E-state index in [1.807, 2.05) is 0 Å². The molecule has 0 spiro atoms. The zero-order valence-electron chi connectivity index (χ0n) is 18.4. The van der Waals surface area contributed by atoms with Crippen LogP contribution in [0.5, 0.6) is 0 Å². The Morgan fingerprint density at radius 3 is 2.53 bits per heavy atom. The number of morpholine rings is 1. The van der Waals surface area contributed by atoms with E-state index in [0.717, 1.165) is 12.5 Å². The van der Waals surface area contributed by atoms with Gasteiger partial charge in [0.15, 0.2) is 5.03 Å². The van der Waals surface area contributed by atoms with Gasteiger partial charge in [0.25, 0.3) is 16.4 Å². The van der Waals surface area contributed by atoms with E-state index in [0.29, 0.717) is 16.7 Å². The molecule has 12 heteroatoms. The van der Waals surface area contributed by atoms with Gasteiger partial charge in [-0.25, -0.2) is 36.5 Å². The Morgan fingerprint density at radius 1 is 1.18 bits per heavy atom. The van der Waals surface area contributed by atoms with Gasteiger partial charge in [0.05, 0.1) is 35.5 Å². The fraction of sp³-hybridized carbons (Fsp3) is 0.409. The van der Waals surface area contributed by atoms with Gasteiger partial charge in [-0.2, -0.15) is 4.31 Å². The number of hydrogen-bond donors (Lipinski definition) is 1. The molecule has 0 saturated carbocycles. The van der Waals surface area contributed by atoms with Crippen molar-refractivity contribution in [2.24, 2.45) is 0 Å². The van der Waals surface area contributed by atoms with Crippen molar-refractivity contribution in [2.45, 2.75) is 50.0 Å². The summed E-state index contributed by atoms with van der Waals surface area (Å²) in [5, 5.41) is 3.24. The number of sulfonamides is 1. The Morgan fingerprint density at radius 2 is 1.85 bits per heavy atom. The molecule has 2 aromatic heterocycles. The average molecular weight is 494 g/mol. The van der Waals surface area contributed by atoms with E-state index in [1.54, 1.807) is 13.8 Å². The van der Waals surface area contributed by atoms with E-state index in [1.165, 1.54) is 28.7 Å². The second-order valence-corrected chi connectivity index (χ2v) is 10.4. The van der Waals surface area contributed by atoms with Crippen LogP contribution in [-0.4, -0.2) is 53.0 Å². The predicted molar refractivity (Wildman–Crippen MR) is 118 cm³/mol. The first-order valence-electron chi connectivity index (χ1n) is 10.8. The molecule has 0 radical (unpaired) electrons. The van der Waals surface area contributed by atoms with Crippen molar-refractivity contribution in [2.75, 3.05) is 18.4 Å². The summed E-state index contributed by atoms with van der Waals surface area (Å²) < 4.78 is 74.2. The topological polar surface area (TPSA) is 97.3 Å². The number of pyridine rings is 1. The maximum Gasteiger partial charge on any atom is 0.266 e. The molecule has 5 heterocycles. The zero-order valence-corrected chi connectivity index (χ0v) is 19.2. The van der Waals surface area contributed by atoms with Gasteiger partial charge in [0.1, 0.15) is 17.5 Å². The highest BCUT2D eigenvalue weighted by Crippen LogP contribution is 2.33. The summed E-state index contributed by atoms with van der Waals surface area (Å²) in [6.45, 7) is 3.80. The number of piperidine rings is 1. The fourth-order valence-electron chi connectivity index (χ4n) is 4.38. The molecule has 2 unspecified atom stereocenters. The average Bonchev–Trinajstić information content (AvgIpc) is 2.78. The molecule has 1 aromatic carbocycles. The van der Waals surface area contributed by atoms with Crippen LogP contribution in [0.3, 0.4) is 0 Å². The molecule has 0 amide bonds. The summed E-state index contributed by atoms with van der Waals surface area (Å²) >= 11 is 0. The number of ether oxygens (including phenoxy) is 1. The van der Waals surface area contributed by atoms with Crippen LogP contribution in [0.4, 0.5) is 19.0 Å². The van der Waals surface area contributed by atoms with Crippen molar-refractivity contribution in [1.29, 1.82) is 0 Å². The lowest BCUT2D eigenvalue weighted by Crippen LogP contribution is -2.58. The summed E-state index contributed by atoms with van der Waals surface area (Å²) in [6.07, 6.45) is -0.945. The highest BCUT2D eigenvalue weighted by atomic mass is 32.2. The first kappa shape index (κ1) is 22.9. The van der Waals surface area contributed by atoms with Gasteiger partial charge in [0.2, 0.25) is 0 Å². The minimum atomic E-state index is -3.87. The van der Waals surface area contributed by atoms with E-state index in [2.05, 4.69) is 20.3 Å². The highest BCUT2D eigenvalue weighted by Gasteiger charge is 2.43. The summed E-state index contributed by atoms with van der Waals surface area (Å²) in [6, 6.07) is 4.46. The lowest BCUT2D eigenvalue weighted by molar-refractivity contribution is -0.164. The molecular weight excluding hydrogens is 471 g/mol. The molecule has 3 aromatic rings. The van der Waals surface area contributed by atoms with Crippen LogP contribution in [0.1, 0.15) is 42.8 Å². The molecule has 34 heavy (non-hydrogen) atoms. The minimum absolute atomic E-state index is 0.0386. The summed E-state index contributed by atoms with van der Waals surface area (Å²) in [7, 11) is -3.87. The van der Waals surface area contributed by atoms with Crippen molar-refractivity contribution < 1.29 is 26.3 Å². The molecule has 6 rings (SSSR count). The Bertz CT molecular complexity index is 1360. The molecule has 8 nitrogen and oxygen atoms in total. The van der Waals surface area contributed by atoms with Gasteiger partial charge in [-0.1, -0.05) is 18.2 Å². The third-order valence-corrected chi connectivity index (χ3v) is 7.84. The molecule has 3 aliphatic rings. The number of benzene rings is 1. The van der Waals surface area contributed by atoms with Crippen LogP contribution in [0.15, 0.2) is 35.5 Å². The molecule has 180 valence electrons. The number of aromatic nitrogens is 3. The van der Waals surface area contributed by atoms with Gasteiger partial charge in [-0.05, 0) is 19.9 Å². The SMILES string of the molecule is Cc1nc(N[C@H](C)c2cccc(C(F)F)c2F)c2cc(S(=O)(=O)N3CC4CC(C3)O4)ncc2n1. The zero-order chi connectivity index (χ0) is 24.2. The van der Waals surface area contributed by atoms with Crippen LogP contribution in [0, 0.1) is 12.7 Å². The van der Waals surface area contributed by atoms with Crippen molar-refractivity contribution in [3.8, 4) is 0 Å². The van der Waals surface area contributed by atoms with Crippen molar-refractivity contribution >= 4 is 26.7 Å². The summed E-state index contributed by atoms with van der Waals surface area (Å²) in [4.78, 5) is 12.8. The number of halogens is 3. The third-order valence-electron chi connectivity index (χ3n) is 6.11. The Kier molecular flexibility index (Phi) is 5.69. The van der Waals surface area contributed by atoms with E-state index in [-0.39, 0.29) is 41.7 Å². The van der Waals surface area contributed by atoms with Gasteiger partial charge < -0.3 is 10.1 Å². The second-order valence-electron chi connectivity index (χ2n) is 8.51. The largest absolute Gasteiger partial charge is 0.372 e. The third kappa shape index (κ3) is 3.99. The molecule has 3 atom stereocenters. The number of nitrogens with zero attached hydrogens (tertiary/aromatic N) is 4.